The molecule has 34 heavy (non-hydrogen) atoms. The lowest BCUT2D eigenvalue weighted by Crippen LogP contribution is -2.31. The molecule has 1 heterocycles. The van der Waals surface area contributed by atoms with E-state index >= 15 is 0 Å². The van der Waals surface area contributed by atoms with Crippen LogP contribution in [0.15, 0.2) is 70.4 Å². The van der Waals surface area contributed by atoms with Gasteiger partial charge >= 0.3 is 0 Å². The van der Waals surface area contributed by atoms with Gasteiger partial charge in [0.25, 0.3) is 0 Å². The van der Waals surface area contributed by atoms with Crippen LogP contribution in [0.3, 0.4) is 0 Å². The van der Waals surface area contributed by atoms with E-state index in [9.17, 15) is 14.9 Å². The van der Waals surface area contributed by atoms with Crippen LogP contribution in [0.25, 0.3) is 0 Å². The van der Waals surface area contributed by atoms with Crippen molar-refractivity contribution in [2.45, 2.75) is 44.9 Å². The molecule has 0 fully saturated rings. The van der Waals surface area contributed by atoms with Gasteiger partial charge in [-0.1, -0.05) is 73.6 Å². The first-order valence-corrected chi connectivity index (χ1v) is 12.7. The molecule has 174 valence electrons. The Morgan fingerprint density at radius 3 is 2.62 bits per heavy atom. The molecule has 7 heteroatoms. The number of thioether (sulfide) groups is 1. The van der Waals surface area contributed by atoms with Crippen molar-refractivity contribution in [3.8, 4) is 6.07 Å². The molecule has 1 aliphatic heterocycles. The van der Waals surface area contributed by atoms with Gasteiger partial charge in [-0.2, -0.15) is 5.26 Å². The van der Waals surface area contributed by atoms with Gasteiger partial charge < -0.3 is 10.6 Å². The highest BCUT2D eigenvalue weighted by molar-refractivity contribution is 8.03. The summed E-state index contributed by atoms with van der Waals surface area (Å²) in [4.78, 5) is 25.5. The van der Waals surface area contributed by atoms with E-state index in [0.717, 1.165) is 24.1 Å². The van der Waals surface area contributed by atoms with Gasteiger partial charge in [0.05, 0.1) is 39.1 Å². The van der Waals surface area contributed by atoms with Crippen LogP contribution >= 0.6 is 23.4 Å². The molecule has 0 radical (unpaired) electrons. The lowest BCUT2D eigenvalue weighted by atomic mass is 9.76. The van der Waals surface area contributed by atoms with Crippen LogP contribution < -0.4 is 10.6 Å². The number of hydrogen-bond donors (Lipinski definition) is 2. The van der Waals surface area contributed by atoms with Crippen LogP contribution in [0.2, 0.25) is 5.02 Å². The minimum Gasteiger partial charge on any atom is -0.352 e. The van der Waals surface area contributed by atoms with Crippen molar-refractivity contribution in [1.29, 1.82) is 5.26 Å². The third-order valence-electron chi connectivity index (χ3n) is 6.10. The summed E-state index contributed by atoms with van der Waals surface area (Å²) in [5.41, 5.74) is 4.69. The number of allylic oxidation sites excluding steroid dienone is 3. The first kappa shape index (κ1) is 24.1. The molecule has 0 aromatic heterocycles. The summed E-state index contributed by atoms with van der Waals surface area (Å²) in [6.07, 6.45) is 2.01. The molecule has 2 aromatic rings. The third kappa shape index (κ3) is 5.06. The SMILES string of the molecule is CC(C)c1ccc([C@H]2C(C#N)=C(SCC(=O)Nc3ccccc3Cl)NC3=C2C(=O)CCC3)cc1. The monoisotopic (exact) mass is 491 g/mol. The van der Waals surface area contributed by atoms with Crippen molar-refractivity contribution in [1.82, 2.24) is 5.32 Å². The number of benzene rings is 2. The van der Waals surface area contributed by atoms with Crippen LogP contribution in [0.1, 0.15) is 56.1 Å². The number of dihydropyridines is 1. The standard InChI is InChI=1S/C27H26ClN3O2S/c1-16(2)17-10-12-18(13-11-17)25-19(14-29)27(31-22-8-5-9-23(32)26(22)25)34-15-24(33)30-21-7-4-3-6-20(21)28/h3-4,6-7,10-13,16,25,31H,5,8-9,15H2,1-2H3,(H,30,33)/t25-/m0/s1. The van der Waals surface area contributed by atoms with E-state index in [-0.39, 0.29) is 17.4 Å². The largest absolute Gasteiger partial charge is 0.352 e. The number of para-hydroxylation sites is 1. The summed E-state index contributed by atoms with van der Waals surface area (Å²) in [5, 5.41) is 17.4. The molecule has 4 rings (SSSR count). The maximum absolute atomic E-state index is 12.9. The number of carbonyl (C=O) groups excluding carboxylic acids is 2. The van der Waals surface area contributed by atoms with E-state index in [1.165, 1.54) is 17.3 Å². The minimum atomic E-state index is -0.426. The summed E-state index contributed by atoms with van der Waals surface area (Å²) in [6, 6.07) is 17.5. The van der Waals surface area contributed by atoms with E-state index in [2.05, 4.69) is 42.7 Å². The Kier molecular flexibility index (Phi) is 7.45. The van der Waals surface area contributed by atoms with Gasteiger partial charge in [0, 0.05) is 17.7 Å². The molecule has 2 aliphatic rings. The average Bonchev–Trinajstić information content (AvgIpc) is 2.83. The van der Waals surface area contributed by atoms with Gasteiger partial charge in [0.2, 0.25) is 5.91 Å². The van der Waals surface area contributed by atoms with Crippen molar-refractivity contribution in [2.24, 2.45) is 0 Å². The summed E-state index contributed by atoms with van der Waals surface area (Å²) in [5.74, 6) is -0.0675. The van der Waals surface area contributed by atoms with E-state index < -0.39 is 5.92 Å². The highest BCUT2D eigenvalue weighted by atomic mass is 35.5. The van der Waals surface area contributed by atoms with Gasteiger partial charge in [0.15, 0.2) is 5.78 Å². The molecule has 0 saturated heterocycles. The smallest absolute Gasteiger partial charge is 0.234 e. The van der Waals surface area contributed by atoms with Crippen LogP contribution in [0.4, 0.5) is 5.69 Å². The van der Waals surface area contributed by atoms with Gasteiger partial charge in [-0.3, -0.25) is 9.59 Å². The molecule has 2 N–H and O–H groups in total. The Labute approximate surface area is 209 Å². The molecule has 0 saturated carbocycles. The maximum Gasteiger partial charge on any atom is 0.234 e. The fourth-order valence-corrected chi connectivity index (χ4v) is 5.38. The van der Waals surface area contributed by atoms with Crippen molar-refractivity contribution < 1.29 is 9.59 Å². The number of Topliss-reactive ketones (excluding diaryl/α,β-unsaturated/α-hetero) is 1. The van der Waals surface area contributed by atoms with Gasteiger partial charge in [-0.25, -0.2) is 0 Å². The number of anilines is 1. The second-order valence-corrected chi connectivity index (χ2v) is 10.1. The molecule has 0 bridgehead atoms. The minimum absolute atomic E-state index is 0.0833. The maximum atomic E-state index is 12.9. The number of amides is 1. The van der Waals surface area contributed by atoms with Crippen molar-refractivity contribution in [3.63, 3.8) is 0 Å². The Balaban J connectivity index is 1.63. The number of hydrogen-bond acceptors (Lipinski definition) is 5. The third-order valence-corrected chi connectivity index (χ3v) is 7.44. The predicted molar refractivity (Wildman–Crippen MR) is 137 cm³/mol. The van der Waals surface area contributed by atoms with Crippen LogP contribution in [0.5, 0.6) is 0 Å². The number of carbonyl (C=O) groups is 2. The van der Waals surface area contributed by atoms with Crippen LogP contribution in [0, 0.1) is 11.3 Å². The molecule has 0 spiro atoms. The molecule has 2 aromatic carbocycles. The topological polar surface area (TPSA) is 82.0 Å². The summed E-state index contributed by atoms with van der Waals surface area (Å²) in [7, 11) is 0. The second kappa shape index (κ2) is 10.5. The van der Waals surface area contributed by atoms with Gasteiger partial charge in [0.1, 0.15) is 0 Å². The highest BCUT2D eigenvalue weighted by Gasteiger charge is 2.37. The molecular formula is C27H26ClN3O2S. The van der Waals surface area contributed by atoms with E-state index in [0.29, 0.717) is 39.2 Å². The average molecular weight is 492 g/mol. The fourth-order valence-electron chi connectivity index (χ4n) is 4.33. The molecular weight excluding hydrogens is 466 g/mol. The Bertz CT molecular complexity index is 1230. The Hall–Kier alpha value is -3.01. The number of rotatable bonds is 6. The molecule has 1 amide bonds. The second-order valence-electron chi connectivity index (χ2n) is 8.72. The molecule has 0 unspecified atom stereocenters. The molecule has 1 atom stereocenters. The summed E-state index contributed by atoms with van der Waals surface area (Å²) >= 11 is 7.42. The number of nitriles is 1. The predicted octanol–water partition coefficient (Wildman–Crippen LogP) is 6.26. The fraction of sp³-hybridized carbons (Fsp3) is 0.296. The van der Waals surface area contributed by atoms with E-state index in [4.69, 9.17) is 11.6 Å². The summed E-state index contributed by atoms with van der Waals surface area (Å²) < 4.78 is 0. The van der Waals surface area contributed by atoms with Crippen LogP contribution in [-0.4, -0.2) is 17.4 Å². The first-order valence-electron chi connectivity index (χ1n) is 11.3. The molecule has 5 nitrogen and oxygen atoms in total. The van der Waals surface area contributed by atoms with Gasteiger partial charge in [-0.15, -0.1) is 0 Å². The quantitative estimate of drug-likeness (QED) is 0.498. The number of nitrogens with one attached hydrogen (secondary N) is 2. The van der Waals surface area contributed by atoms with Crippen LogP contribution in [-0.2, 0) is 9.59 Å². The normalized spacial score (nSPS) is 17.9. The lowest BCUT2D eigenvalue weighted by Gasteiger charge is -2.33. The number of ketones is 1. The molecule has 1 aliphatic carbocycles. The van der Waals surface area contributed by atoms with E-state index in [1.54, 1.807) is 24.3 Å². The lowest BCUT2D eigenvalue weighted by molar-refractivity contribution is -0.116. The number of nitrogens with zero attached hydrogens (tertiary/aromatic N) is 1. The highest BCUT2D eigenvalue weighted by Crippen LogP contribution is 2.44. The van der Waals surface area contributed by atoms with E-state index in [1.807, 2.05) is 12.1 Å². The first-order chi connectivity index (χ1) is 16.4. The van der Waals surface area contributed by atoms with Crippen molar-refractivity contribution in [2.75, 3.05) is 11.1 Å². The van der Waals surface area contributed by atoms with Crippen molar-refractivity contribution in [3.05, 3.63) is 86.6 Å². The number of halogens is 1. The zero-order chi connectivity index (χ0) is 24.2. The zero-order valence-corrected chi connectivity index (χ0v) is 20.7. The van der Waals surface area contributed by atoms with Crippen molar-refractivity contribution >= 4 is 40.7 Å². The Morgan fingerprint density at radius 2 is 1.94 bits per heavy atom. The van der Waals surface area contributed by atoms with Gasteiger partial charge in [-0.05, 0) is 42.0 Å². The summed E-state index contributed by atoms with van der Waals surface area (Å²) in [6.45, 7) is 4.27. The Morgan fingerprint density at radius 1 is 1.21 bits per heavy atom. The zero-order valence-electron chi connectivity index (χ0n) is 19.2.